The van der Waals surface area contributed by atoms with Crippen molar-refractivity contribution in [2.45, 2.75) is 43.2 Å². The van der Waals surface area contributed by atoms with E-state index in [0.717, 1.165) is 6.07 Å². The summed E-state index contributed by atoms with van der Waals surface area (Å²) < 4.78 is 56.4. The van der Waals surface area contributed by atoms with Crippen LogP contribution in [0.15, 0.2) is 50.8 Å². The number of furan rings is 1. The molecular weight excluding hydrogens is 392 g/mol. The molecule has 0 radical (unpaired) electrons. The second-order valence-corrected chi connectivity index (χ2v) is 10.7. The third-order valence-corrected chi connectivity index (χ3v) is 6.78. The Labute approximate surface area is 158 Å². The molecule has 0 bridgehead atoms. The minimum absolute atomic E-state index is 0.0188. The van der Waals surface area contributed by atoms with Crippen LogP contribution >= 0.6 is 0 Å². The zero-order valence-corrected chi connectivity index (χ0v) is 17.1. The van der Waals surface area contributed by atoms with Gasteiger partial charge >= 0.3 is 0 Å². The van der Waals surface area contributed by atoms with Crippen LogP contribution < -0.4 is 10.0 Å². The minimum atomic E-state index is -3.93. The first-order valence-electron chi connectivity index (χ1n) is 8.13. The van der Waals surface area contributed by atoms with Crippen molar-refractivity contribution in [1.82, 2.24) is 4.72 Å². The first kappa shape index (κ1) is 21.1. The summed E-state index contributed by atoms with van der Waals surface area (Å²) in [5.41, 5.74) is -0.625. The van der Waals surface area contributed by atoms with E-state index in [-0.39, 0.29) is 22.1 Å². The van der Waals surface area contributed by atoms with Gasteiger partial charge in [-0.25, -0.2) is 21.6 Å². The summed E-state index contributed by atoms with van der Waals surface area (Å²) in [4.78, 5) is 12.4. The number of sulfonamides is 1. The second-order valence-electron chi connectivity index (χ2n) is 6.83. The Kier molecular flexibility index (Phi) is 5.83. The van der Waals surface area contributed by atoms with Crippen LogP contribution in [0.3, 0.4) is 0 Å². The molecule has 0 unspecified atom stereocenters. The predicted molar refractivity (Wildman–Crippen MR) is 101 cm³/mol. The van der Waals surface area contributed by atoms with Crippen molar-refractivity contribution in [1.29, 1.82) is 0 Å². The molecule has 2 rings (SSSR count). The number of carbonyl (C=O) groups excluding carboxylic acids is 1. The highest BCUT2D eigenvalue weighted by Gasteiger charge is 2.26. The van der Waals surface area contributed by atoms with E-state index in [1.54, 1.807) is 32.9 Å². The Balaban J connectivity index is 2.29. The van der Waals surface area contributed by atoms with Crippen LogP contribution in [0, 0.1) is 0 Å². The molecule has 2 N–H and O–H groups in total. The number of benzene rings is 1. The zero-order valence-electron chi connectivity index (χ0n) is 15.4. The molecule has 0 fully saturated rings. The predicted octanol–water partition coefficient (Wildman–Crippen LogP) is 2.40. The Morgan fingerprint density at radius 3 is 2.26 bits per heavy atom. The number of carbonyl (C=O) groups is 1. The number of hydrogen-bond acceptors (Lipinski definition) is 6. The van der Waals surface area contributed by atoms with Crippen molar-refractivity contribution in [3.63, 3.8) is 0 Å². The molecule has 27 heavy (non-hydrogen) atoms. The van der Waals surface area contributed by atoms with Crippen LogP contribution in [0.4, 0.5) is 5.69 Å². The lowest BCUT2D eigenvalue weighted by Crippen LogP contribution is -2.40. The summed E-state index contributed by atoms with van der Waals surface area (Å²) in [7, 11) is -7.48. The van der Waals surface area contributed by atoms with Crippen LogP contribution in [-0.4, -0.2) is 34.0 Å². The van der Waals surface area contributed by atoms with E-state index in [4.69, 9.17) is 4.42 Å². The van der Waals surface area contributed by atoms with Gasteiger partial charge in [0, 0.05) is 5.54 Å². The molecule has 1 amide bonds. The molecule has 148 valence electrons. The molecule has 2 aromatic rings. The van der Waals surface area contributed by atoms with Crippen molar-refractivity contribution in [3.8, 4) is 0 Å². The molecule has 0 atom stereocenters. The van der Waals surface area contributed by atoms with Gasteiger partial charge in [-0.2, -0.15) is 0 Å². The number of anilines is 1. The van der Waals surface area contributed by atoms with Gasteiger partial charge in [-0.15, -0.1) is 0 Å². The molecule has 8 nitrogen and oxygen atoms in total. The van der Waals surface area contributed by atoms with Crippen LogP contribution in [-0.2, 0) is 19.9 Å². The highest BCUT2D eigenvalue weighted by Crippen LogP contribution is 2.23. The molecule has 0 saturated carbocycles. The summed E-state index contributed by atoms with van der Waals surface area (Å²) in [6, 6.07) is 8.34. The quantitative estimate of drug-likeness (QED) is 0.748. The van der Waals surface area contributed by atoms with Gasteiger partial charge in [0.05, 0.1) is 16.3 Å². The van der Waals surface area contributed by atoms with E-state index < -0.39 is 36.4 Å². The average Bonchev–Trinajstić information content (AvgIpc) is 3.04. The first-order valence-corrected chi connectivity index (χ1v) is 11.3. The fourth-order valence-electron chi connectivity index (χ4n) is 2.22. The number of amides is 1. The van der Waals surface area contributed by atoms with Crippen molar-refractivity contribution >= 4 is 31.5 Å². The smallest absolute Gasteiger partial charge is 0.291 e. The lowest BCUT2D eigenvalue weighted by molar-refractivity contribution is 0.0991. The normalized spacial score (nSPS) is 12.7. The van der Waals surface area contributed by atoms with E-state index in [1.165, 1.54) is 25.1 Å². The van der Waals surface area contributed by atoms with Gasteiger partial charge in [0.15, 0.2) is 15.6 Å². The summed E-state index contributed by atoms with van der Waals surface area (Å²) in [5, 5.41) is 2.05. The molecule has 0 saturated heterocycles. The molecular formula is C17H22N2O6S2. The Morgan fingerprint density at radius 1 is 1.04 bits per heavy atom. The van der Waals surface area contributed by atoms with Gasteiger partial charge < -0.3 is 9.73 Å². The monoisotopic (exact) mass is 414 g/mol. The van der Waals surface area contributed by atoms with Crippen molar-refractivity contribution in [2.75, 3.05) is 11.1 Å². The molecule has 10 heteroatoms. The van der Waals surface area contributed by atoms with E-state index in [1.807, 2.05) is 0 Å². The highest BCUT2D eigenvalue weighted by molar-refractivity contribution is 7.91. The topological polar surface area (TPSA) is 123 Å². The molecule has 1 heterocycles. The summed E-state index contributed by atoms with van der Waals surface area (Å²) in [6.07, 6.45) is 0. The van der Waals surface area contributed by atoms with Gasteiger partial charge in [0.1, 0.15) is 0 Å². The molecule has 0 aliphatic rings. The second kappa shape index (κ2) is 7.45. The maximum atomic E-state index is 12.4. The number of hydrogen-bond donors (Lipinski definition) is 2. The SMILES string of the molecule is CCS(=O)(=O)c1ccccc1NC(=O)c1ccc(S(=O)(=O)NC(C)(C)C)o1. The number of para-hydroxylation sites is 1. The third-order valence-electron chi connectivity index (χ3n) is 3.36. The van der Waals surface area contributed by atoms with E-state index in [2.05, 4.69) is 10.0 Å². The lowest BCUT2D eigenvalue weighted by Gasteiger charge is -2.18. The fraction of sp³-hybridized carbons (Fsp3) is 0.353. The third kappa shape index (κ3) is 5.18. The maximum absolute atomic E-state index is 12.4. The van der Waals surface area contributed by atoms with Crippen molar-refractivity contribution < 1.29 is 26.0 Å². The number of nitrogens with one attached hydrogen (secondary N) is 2. The molecule has 0 aliphatic carbocycles. The fourth-order valence-corrected chi connectivity index (χ4v) is 4.63. The van der Waals surface area contributed by atoms with E-state index in [9.17, 15) is 21.6 Å². The van der Waals surface area contributed by atoms with E-state index >= 15 is 0 Å². The lowest BCUT2D eigenvalue weighted by atomic mass is 10.1. The first-order chi connectivity index (χ1) is 12.4. The van der Waals surface area contributed by atoms with Crippen molar-refractivity contribution in [3.05, 3.63) is 42.2 Å². The van der Waals surface area contributed by atoms with Crippen LogP contribution in [0.25, 0.3) is 0 Å². The standard InChI is InChI=1S/C17H22N2O6S2/c1-5-26(21,22)14-9-7-6-8-12(14)18-16(20)13-10-11-15(25-13)27(23,24)19-17(2,3)4/h6-11,19H,5H2,1-4H3,(H,18,20). The number of rotatable bonds is 6. The molecule has 1 aromatic heterocycles. The Hall–Kier alpha value is -2.17. The van der Waals surface area contributed by atoms with Gasteiger partial charge in [0.2, 0.25) is 5.09 Å². The van der Waals surface area contributed by atoms with Gasteiger partial charge in [-0.3, -0.25) is 4.79 Å². The largest absolute Gasteiger partial charge is 0.438 e. The summed E-state index contributed by atoms with van der Waals surface area (Å²) >= 11 is 0. The van der Waals surface area contributed by atoms with Crippen LogP contribution in [0.2, 0.25) is 0 Å². The minimum Gasteiger partial charge on any atom is -0.438 e. The highest BCUT2D eigenvalue weighted by atomic mass is 32.2. The van der Waals surface area contributed by atoms with Gasteiger partial charge in [-0.1, -0.05) is 19.1 Å². The molecule has 0 aliphatic heterocycles. The molecule has 1 aromatic carbocycles. The van der Waals surface area contributed by atoms with Gasteiger partial charge in [0.25, 0.3) is 15.9 Å². The molecule has 0 spiro atoms. The van der Waals surface area contributed by atoms with E-state index in [0.29, 0.717) is 0 Å². The van der Waals surface area contributed by atoms with Crippen molar-refractivity contribution in [2.24, 2.45) is 0 Å². The average molecular weight is 415 g/mol. The van der Waals surface area contributed by atoms with Crippen LogP contribution in [0.5, 0.6) is 0 Å². The Bertz CT molecular complexity index is 1050. The summed E-state index contributed by atoms with van der Waals surface area (Å²) in [5.74, 6) is -1.14. The van der Waals surface area contributed by atoms with Gasteiger partial charge in [-0.05, 0) is 45.0 Å². The zero-order chi connectivity index (χ0) is 20.5. The maximum Gasteiger partial charge on any atom is 0.291 e. The van der Waals surface area contributed by atoms with Crippen LogP contribution in [0.1, 0.15) is 38.2 Å². The summed E-state index contributed by atoms with van der Waals surface area (Å²) in [6.45, 7) is 6.52. The Morgan fingerprint density at radius 2 is 1.67 bits per heavy atom. The number of sulfone groups is 1.